The molecule has 0 unspecified atom stereocenters. The predicted molar refractivity (Wildman–Crippen MR) is 104 cm³/mol. The molecule has 2 heterocycles. The van der Waals surface area contributed by atoms with Crippen molar-refractivity contribution >= 4 is 46.4 Å². The number of alkyl halides is 2. The fraction of sp³-hybridized carbons (Fsp3) is 0.333. The van der Waals surface area contributed by atoms with Crippen LogP contribution in [0.25, 0.3) is 0 Å². The molecule has 1 fully saturated rings. The van der Waals surface area contributed by atoms with Crippen LogP contribution < -0.4 is 5.32 Å². The van der Waals surface area contributed by atoms with Gasteiger partial charge in [0.05, 0.1) is 24.2 Å². The van der Waals surface area contributed by atoms with Crippen LogP contribution >= 0.6 is 34.5 Å². The summed E-state index contributed by atoms with van der Waals surface area (Å²) in [4.78, 5) is 29.4. The molecule has 2 aromatic rings. The first-order valence-electron chi connectivity index (χ1n) is 8.42. The van der Waals surface area contributed by atoms with Crippen LogP contribution in [0.5, 0.6) is 0 Å². The lowest BCUT2D eigenvalue weighted by Gasteiger charge is -2.19. The molecule has 0 aliphatic carbocycles. The van der Waals surface area contributed by atoms with Gasteiger partial charge in [0.2, 0.25) is 5.91 Å². The maximum atomic E-state index is 13.4. The molecule has 1 atom stereocenters. The average molecular weight is 459 g/mol. The molecule has 1 aliphatic heterocycles. The normalized spacial score (nSPS) is 17.8. The Morgan fingerprint density at radius 1 is 1.38 bits per heavy atom. The third-order valence-corrected chi connectivity index (χ3v) is 5.87. The average Bonchev–Trinajstić information content (AvgIpc) is 3.26. The molecule has 3 rings (SSSR count). The van der Waals surface area contributed by atoms with E-state index in [1.807, 2.05) is 0 Å². The number of benzene rings is 1. The molecular formula is C18H14Cl2F2N4O2S. The minimum atomic E-state index is -3.11. The number of rotatable bonds is 5. The summed E-state index contributed by atoms with van der Waals surface area (Å²) in [6.07, 6.45) is -0.370. The van der Waals surface area contributed by atoms with Crippen LogP contribution in [-0.2, 0) is 11.2 Å². The van der Waals surface area contributed by atoms with E-state index in [0.29, 0.717) is 27.0 Å². The quantitative estimate of drug-likeness (QED) is 0.742. The van der Waals surface area contributed by atoms with E-state index in [2.05, 4.69) is 10.3 Å². The van der Waals surface area contributed by atoms with E-state index < -0.39 is 43.3 Å². The van der Waals surface area contributed by atoms with E-state index in [0.717, 1.165) is 4.90 Å². The summed E-state index contributed by atoms with van der Waals surface area (Å²) in [6.45, 7) is -1.34. The van der Waals surface area contributed by atoms with Crippen molar-refractivity contribution in [2.24, 2.45) is 0 Å². The number of nitriles is 1. The van der Waals surface area contributed by atoms with Crippen molar-refractivity contribution in [2.45, 2.75) is 24.8 Å². The number of aromatic nitrogens is 1. The van der Waals surface area contributed by atoms with Crippen molar-refractivity contribution in [3.05, 3.63) is 49.9 Å². The number of likely N-dealkylation sites (tertiary alicyclic amines) is 1. The maximum Gasteiger partial charge on any atom is 0.271 e. The molecule has 2 amide bonds. The number of nitrogens with zero attached hydrogens (tertiary/aromatic N) is 3. The molecular weight excluding hydrogens is 445 g/mol. The van der Waals surface area contributed by atoms with Crippen molar-refractivity contribution in [2.75, 3.05) is 13.1 Å². The highest BCUT2D eigenvalue weighted by Gasteiger charge is 2.47. The lowest BCUT2D eigenvalue weighted by Crippen LogP contribution is -2.43. The summed E-state index contributed by atoms with van der Waals surface area (Å²) in [5.74, 6) is -4.48. The van der Waals surface area contributed by atoms with Gasteiger partial charge in [-0.1, -0.05) is 29.3 Å². The molecule has 6 nitrogen and oxygen atoms in total. The summed E-state index contributed by atoms with van der Waals surface area (Å²) >= 11 is 13.5. The van der Waals surface area contributed by atoms with E-state index in [4.69, 9.17) is 28.5 Å². The lowest BCUT2D eigenvalue weighted by molar-refractivity contribution is -0.131. The van der Waals surface area contributed by atoms with Crippen LogP contribution in [0.15, 0.2) is 23.6 Å². The number of carbonyl (C=O) groups is 2. The Labute approximate surface area is 179 Å². The van der Waals surface area contributed by atoms with Gasteiger partial charge in [0.15, 0.2) is 0 Å². The molecule has 29 heavy (non-hydrogen) atoms. The molecule has 0 radical (unpaired) electrons. The van der Waals surface area contributed by atoms with Crippen molar-refractivity contribution in [1.82, 2.24) is 15.2 Å². The number of thiazole rings is 1. The van der Waals surface area contributed by atoms with Crippen molar-refractivity contribution in [3.8, 4) is 6.07 Å². The van der Waals surface area contributed by atoms with E-state index >= 15 is 0 Å². The Morgan fingerprint density at radius 3 is 2.72 bits per heavy atom. The Kier molecular flexibility index (Phi) is 6.36. The third kappa shape index (κ3) is 5.01. The third-order valence-electron chi connectivity index (χ3n) is 4.31. The van der Waals surface area contributed by atoms with E-state index in [-0.39, 0.29) is 5.69 Å². The van der Waals surface area contributed by atoms with Gasteiger partial charge in [0, 0.05) is 28.3 Å². The Morgan fingerprint density at radius 2 is 2.07 bits per heavy atom. The monoisotopic (exact) mass is 458 g/mol. The highest BCUT2D eigenvalue weighted by atomic mass is 35.5. The summed E-state index contributed by atoms with van der Waals surface area (Å²) in [7, 11) is 0. The highest BCUT2D eigenvalue weighted by molar-refractivity contribution is 7.09. The first-order valence-corrected chi connectivity index (χ1v) is 10.1. The second-order valence-corrected chi connectivity index (χ2v) is 8.17. The number of nitrogens with one attached hydrogen (secondary N) is 1. The van der Waals surface area contributed by atoms with Crippen molar-refractivity contribution < 1.29 is 18.4 Å². The summed E-state index contributed by atoms with van der Waals surface area (Å²) in [5.41, 5.74) is 0.773. The zero-order chi connectivity index (χ0) is 21.2. The first kappa shape index (κ1) is 21.4. The van der Waals surface area contributed by atoms with Gasteiger partial charge in [-0.2, -0.15) is 5.26 Å². The highest BCUT2D eigenvalue weighted by Crippen LogP contribution is 2.31. The Hall–Kier alpha value is -2.28. The number of carbonyl (C=O) groups excluding carboxylic acids is 2. The molecule has 0 spiro atoms. The first-order chi connectivity index (χ1) is 13.7. The predicted octanol–water partition coefficient (Wildman–Crippen LogP) is 3.53. The van der Waals surface area contributed by atoms with E-state index in [9.17, 15) is 18.4 Å². The number of hydrogen-bond donors (Lipinski definition) is 1. The lowest BCUT2D eigenvalue weighted by atomic mass is 10.1. The molecule has 1 aliphatic rings. The molecule has 1 aromatic carbocycles. The topological polar surface area (TPSA) is 86.1 Å². The standard InChI is InChI=1S/C18H14Cl2F2N4O2S/c19-12-2-1-3-13(20)11(12)4-15-25-14(8-29-15)17(28)24-7-16(27)26-9-18(21,22)5-10(26)6-23/h1-3,8,10H,4-5,7,9H2,(H,24,28)/t10-/m0/s1. The number of hydrogen-bond acceptors (Lipinski definition) is 5. The zero-order valence-corrected chi connectivity index (χ0v) is 17.1. The Bertz CT molecular complexity index is 972. The largest absolute Gasteiger partial charge is 0.342 e. The van der Waals surface area contributed by atoms with Crippen LogP contribution in [-0.4, -0.2) is 46.8 Å². The van der Waals surface area contributed by atoms with Crippen LogP contribution in [0.2, 0.25) is 10.0 Å². The molecule has 1 N–H and O–H groups in total. The molecule has 0 bridgehead atoms. The van der Waals surface area contributed by atoms with E-state index in [1.165, 1.54) is 16.7 Å². The molecule has 1 saturated heterocycles. The van der Waals surface area contributed by atoms with Crippen LogP contribution in [0.3, 0.4) is 0 Å². The number of halogens is 4. The summed E-state index contributed by atoms with van der Waals surface area (Å²) < 4.78 is 26.9. The van der Waals surface area contributed by atoms with Crippen LogP contribution in [0.4, 0.5) is 8.78 Å². The second-order valence-electron chi connectivity index (χ2n) is 6.41. The smallest absolute Gasteiger partial charge is 0.271 e. The van der Waals surface area contributed by atoms with Gasteiger partial charge in [-0.15, -0.1) is 11.3 Å². The molecule has 11 heteroatoms. The molecule has 1 aromatic heterocycles. The molecule has 0 saturated carbocycles. The van der Waals surface area contributed by atoms with Gasteiger partial charge in [0.25, 0.3) is 11.8 Å². The van der Waals surface area contributed by atoms with Gasteiger partial charge in [0.1, 0.15) is 11.7 Å². The second kappa shape index (κ2) is 8.61. The fourth-order valence-electron chi connectivity index (χ4n) is 2.89. The van der Waals surface area contributed by atoms with Crippen LogP contribution in [0, 0.1) is 11.3 Å². The minimum absolute atomic E-state index is 0.0876. The summed E-state index contributed by atoms with van der Waals surface area (Å²) in [5, 5.41) is 14.4. The van der Waals surface area contributed by atoms with Gasteiger partial charge in [-0.3, -0.25) is 9.59 Å². The molecule has 152 valence electrons. The Balaban J connectivity index is 1.60. The SMILES string of the molecule is N#C[C@@H]1CC(F)(F)CN1C(=O)CNC(=O)c1csc(Cc2c(Cl)cccc2Cl)n1. The summed E-state index contributed by atoms with van der Waals surface area (Å²) in [6, 6.07) is 5.60. The maximum absolute atomic E-state index is 13.4. The van der Waals surface area contributed by atoms with Gasteiger partial charge in [-0.05, 0) is 17.7 Å². The van der Waals surface area contributed by atoms with Gasteiger partial charge in [-0.25, -0.2) is 13.8 Å². The van der Waals surface area contributed by atoms with Crippen LogP contribution in [0.1, 0.15) is 27.5 Å². The zero-order valence-electron chi connectivity index (χ0n) is 14.8. The van der Waals surface area contributed by atoms with Crippen molar-refractivity contribution in [1.29, 1.82) is 5.26 Å². The van der Waals surface area contributed by atoms with Crippen molar-refractivity contribution in [3.63, 3.8) is 0 Å². The fourth-order valence-corrected chi connectivity index (χ4v) is 4.21. The minimum Gasteiger partial charge on any atom is -0.342 e. The van der Waals surface area contributed by atoms with Gasteiger partial charge >= 0.3 is 0 Å². The van der Waals surface area contributed by atoms with E-state index in [1.54, 1.807) is 24.3 Å². The van der Waals surface area contributed by atoms with Gasteiger partial charge < -0.3 is 10.2 Å². The number of amides is 2.